The minimum atomic E-state index is -4.54. The van der Waals surface area contributed by atoms with E-state index in [1.54, 1.807) is 13.0 Å². The fourth-order valence-electron chi connectivity index (χ4n) is 3.24. The highest BCUT2D eigenvalue weighted by atomic mass is 19.4. The molecule has 3 heterocycles. The molecule has 0 aromatic carbocycles. The number of pyridine rings is 2. The number of hydrogen-bond donors (Lipinski definition) is 2. The number of halogens is 4. The van der Waals surface area contributed by atoms with Crippen LogP contribution in [-0.2, 0) is 17.5 Å². The van der Waals surface area contributed by atoms with E-state index in [-0.39, 0.29) is 19.5 Å². The molecule has 3 rings (SSSR count). The first-order valence-electron chi connectivity index (χ1n) is 8.96. The Kier molecular flexibility index (Phi) is 5.90. The maximum Gasteiger partial charge on any atom is 0.433 e. The number of rotatable bonds is 4. The Bertz CT molecular complexity index is 950. The molecular weight excluding hydrogens is 408 g/mol. The number of aryl methyl sites for hydroxylation is 1. The molecule has 1 aliphatic rings. The summed E-state index contributed by atoms with van der Waals surface area (Å²) in [5.74, 6) is -0.641. The van der Waals surface area contributed by atoms with Crippen molar-refractivity contribution in [3.8, 4) is 11.1 Å². The molecule has 0 bridgehead atoms. The van der Waals surface area contributed by atoms with Gasteiger partial charge in [-0.25, -0.2) is 9.18 Å². The molecule has 30 heavy (non-hydrogen) atoms. The summed E-state index contributed by atoms with van der Waals surface area (Å²) in [6.07, 6.45) is -4.93. The van der Waals surface area contributed by atoms with E-state index in [1.165, 1.54) is 12.3 Å². The Balaban J connectivity index is 1.73. The molecule has 0 saturated carbocycles. The van der Waals surface area contributed by atoms with Crippen molar-refractivity contribution in [2.45, 2.75) is 38.3 Å². The smallest absolute Gasteiger partial charge is 0.433 e. The van der Waals surface area contributed by atoms with Gasteiger partial charge in [-0.15, -0.1) is 0 Å². The molecule has 2 atom stereocenters. The molecule has 160 valence electrons. The summed E-state index contributed by atoms with van der Waals surface area (Å²) in [5.41, 5.74) is 1.13. The zero-order valence-corrected chi connectivity index (χ0v) is 15.8. The number of hydrogen-bond acceptors (Lipinski definition) is 4. The highest BCUT2D eigenvalue weighted by Gasteiger charge is 2.39. The van der Waals surface area contributed by atoms with E-state index in [0.29, 0.717) is 22.4 Å². The van der Waals surface area contributed by atoms with Gasteiger partial charge < -0.3 is 10.4 Å². The first-order chi connectivity index (χ1) is 14.1. The molecule has 7 nitrogen and oxygen atoms in total. The summed E-state index contributed by atoms with van der Waals surface area (Å²) in [6, 6.07) is 2.65. The Labute approximate surface area is 168 Å². The lowest BCUT2D eigenvalue weighted by molar-refractivity contribution is -0.141. The third-order valence-corrected chi connectivity index (χ3v) is 4.77. The predicted octanol–water partition coefficient (Wildman–Crippen LogP) is 3.18. The number of amides is 2. The standard InChI is InChI=1S/C19H18F4N4O3/c1-10-6-24-13(5-14(10)11-2-3-16(25-7-11)19(21,22)23)8-26-17(28)15-4-12(20)9-27(15)18(29)30/h2-3,5-7,12,15H,4,8-9H2,1H3,(H,26,28)(H,29,30)/t12-,15-/m1/s1. The number of alkyl halides is 4. The average Bonchev–Trinajstić information content (AvgIpc) is 3.09. The van der Waals surface area contributed by atoms with Crippen LogP contribution in [0.25, 0.3) is 11.1 Å². The van der Waals surface area contributed by atoms with Gasteiger partial charge in [-0.1, -0.05) is 6.07 Å². The number of carbonyl (C=O) groups excluding carboxylic acids is 1. The minimum absolute atomic E-state index is 0.0545. The van der Waals surface area contributed by atoms with Crippen molar-refractivity contribution >= 4 is 12.0 Å². The Morgan fingerprint density at radius 2 is 2.00 bits per heavy atom. The second-order valence-corrected chi connectivity index (χ2v) is 6.92. The van der Waals surface area contributed by atoms with Crippen LogP contribution in [0.5, 0.6) is 0 Å². The molecular formula is C19H18F4N4O3. The van der Waals surface area contributed by atoms with Gasteiger partial charge in [-0.3, -0.25) is 19.7 Å². The summed E-state index contributed by atoms with van der Waals surface area (Å²) < 4.78 is 51.6. The molecule has 0 aliphatic carbocycles. The van der Waals surface area contributed by atoms with Crippen LogP contribution in [0.3, 0.4) is 0 Å². The van der Waals surface area contributed by atoms with Crippen molar-refractivity contribution in [1.82, 2.24) is 20.2 Å². The van der Waals surface area contributed by atoms with Gasteiger partial charge in [0.05, 0.1) is 18.8 Å². The molecule has 2 N–H and O–H groups in total. The molecule has 2 amide bonds. The fourth-order valence-corrected chi connectivity index (χ4v) is 3.24. The first-order valence-corrected chi connectivity index (χ1v) is 8.96. The third-order valence-electron chi connectivity index (χ3n) is 4.77. The topological polar surface area (TPSA) is 95.4 Å². The van der Waals surface area contributed by atoms with E-state index in [1.807, 2.05) is 0 Å². The molecule has 2 aromatic heterocycles. The number of likely N-dealkylation sites (tertiary alicyclic amines) is 1. The van der Waals surface area contributed by atoms with E-state index < -0.39 is 36.1 Å². The number of nitrogens with zero attached hydrogens (tertiary/aromatic N) is 3. The van der Waals surface area contributed by atoms with Gasteiger partial charge in [0.25, 0.3) is 0 Å². The number of carbonyl (C=O) groups is 2. The van der Waals surface area contributed by atoms with E-state index in [0.717, 1.165) is 17.2 Å². The van der Waals surface area contributed by atoms with Gasteiger partial charge in [-0.05, 0) is 30.2 Å². The summed E-state index contributed by atoms with van der Waals surface area (Å²) >= 11 is 0. The van der Waals surface area contributed by atoms with Crippen molar-refractivity contribution in [3.63, 3.8) is 0 Å². The molecule has 0 unspecified atom stereocenters. The van der Waals surface area contributed by atoms with Crippen molar-refractivity contribution < 1.29 is 32.3 Å². The second kappa shape index (κ2) is 8.25. The molecule has 11 heteroatoms. The lowest BCUT2D eigenvalue weighted by Gasteiger charge is -2.20. The van der Waals surface area contributed by atoms with Crippen LogP contribution < -0.4 is 5.32 Å². The van der Waals surface area contributed by atoms with Crippen LogP contribution >= 0.6 is 0 Å². The zero-order valence-electron chi connectivity index (χ0n) is 15.8. The molecule has 1 aliphatic heterocycles. The number of nitrogens with one attached hydrogen (secondary N) is 1. The van der Waals surface area contributed by atoms with E-state index in [2.05, 4.69) is 15.3 Å². The summed E-state index contributed by atoms with van der Waals surface area (Å²) in [5, 5.41) is 11.6. The van der Waals surface area contributed by atoms with Gasteiger partial charge >= 0.3 is 12.3 Å². The summed E-state index contributed by atoms with van der Waals surface area (Å²) in [4.78, 5) is 31.8. The van der Waals surface area contributed by atoms with Gasteiger partial charge in [-0.2, -0.15) is 13.2 Å². The number of aromatic nitrogens is 2. The van der Waals surface area contributed by atoms with Crippen LogP contribution in [-0.4, -0.2) is 50.7 Å². The molecule has 0 radical (unpaired) electrons. The highest BCUT2D eigenvalue weighted by molar-refractivity contribution is 5.86. The van der Waals surface area contributed by atoms with Crippen LogP contribution in [0.4, 0.5) is 22.4 Å². The largest absolute Gasteiger partial charge is 0.465 e. The van der Waals surface area contributed by atoms with Crippen molar-refractivity contribution in [2.24, 2.45) is 0 Å². The van der Waals surface area contributed by atoms with E-state index in [4.69, 9.17) is 5.11 Å². The van der Waals surface area contributed by atoms with Crippen molar-refractivity contribution in [2.75, 3.05) is 6.54 Å². The average molecular weight is 426 g/mol. The minimum Gasteiger partial charge on any atom is -0.465 e. The first kappa shape index (κ1) is 21.5. The Hall–Kier alpha value is -3.24. The van der Waals surface area contributed by atoms with Gasteiger partial charge in [0, 0.05) is 24.4 Å². The lowest BCUT2D eigenvalue weighted by atomic mass is 10.0. The fraction of sp³-hybridized carbons (Fsp3) is 0.368. The van der Waals surface area contributed by atoms with Gasteiger partial charge in [0.2, 0.25) is 5.91 Å². The number of carboxylic acid groups (broad SMARTS) is 1. The second-order valence-electron chi connectivity index (χ2n) is 6.92. The third kappa shape index (κ3) is 4.66. The van der Waals surface area contributed by atoms with Crippen LogP contribution in [0.2, 0.25) is 0 Å². The summed E-state index contributed by atoms with van der Waals surface area (Å²) in [7, 11) is 0. The predicted molar refractivity (Wildman–Crippen MR) is 97.1 cm³/mol. The quantitative estimate of drug-likeness (QED) is 0.733. The van der Waals surface area contributed by atoms with E-state index >= 15 is 0 Å². The van der Waals surface area contributed by atoms with Crippen LogP contribution in [0.15, 0.2) is 30.6 Å². The van der Waals surface area contributed by atoms with Gasteiger partial charge in [0.15, 0.2) is 0 Å². The SMILES string of the molecule is Cc1cnc(CNC(=O)[C@H]2C[C@@H](F)CN2C(=O)O)cc1-c1ccc(C(F)(F)F)nc1. The molecule has 0 spiro atoms. The van der Waals surface area contributed by atoms with E-state index in [9.17, 15) is 27.2 Å². The molecule has 1 saturated heterocycles. The molecule has 1 fully saturated rings. The normalized spacial score (nSPS) is 19.0. The van der Waals surface area contributed by atoms with Crippen LogP contribution in [0, 0.1) is 6.92 Å². The maximum absolute atomic E-state index is 13.5. The highest BCUT2D eigenvalue weighted by Crippen LogP contribution is 2.30. The summed E-state index contributed by atoms with van der Waals surface area (Å²) in [6.45, 7) is 1.31. The Morgan fingerprint density at radius 3 is 2.60 bits per heavy atom. The lowest BCUT2D eigenvalue weighted by Crippen LogP contribution is -2.45. The molecule has 2 aromatic rings. The van der Waals surface area contributed by atoms with Crippen LogP contribution in [0.1, 0.15) is 23.4 Å². The Morgan fingerprint density at radius 1 is 1.27 bits per heavy atom. The van der Waals surface area contributed by atoms with Crippen molar-refractivity contribution in [1.29, 1.82) is 0 Å². The monoisotopic (exact) mass is 426 g/mol. The zero-order chi connectivity index (χ0) is 22.1. The van der Waals surface area contributed by atoms with Gasteiger partial charge in [0.1, 0.15) is 17.9 Å². The van der Waals surface area contributed by atoms with Crippen molar-refractivity contribution in [3.05, 3.63) is 47.5 Å². The maximum atomic E-state index is 13.5.